The van der Waals surface area contributed by atoms with Gasteiger partial charge in [-0.25, -0.2) is 0 Å². The van der Waals surface area contributed by atoms with Crippen LogP contribution in [0.25, 0.3) is 0 Å². The molecule has 0 bridgehead atoms. The lowest BCUT2D eigenvalue weighted by Gasteiger charge is -2.16. The highest BCUT2D eigenvalue weighted by Crippen LogP contribution is 2.32. The van der Waals surface area contributed by atoms with E-state index in [4.69, 9.17) is 0 Å². The number of amidine groups is 1. The highest BCUT2D eigenvalue weighted by Gasteiger charge is 2.21. The van der Waals surface area contributed by atoms with E-state index >= 15 is 0 Å². The summed E-state index contributed by atoms with van der Waals surface area (Å²) in [6.45, 7) is 3.10. The van der Waals surface area contributed by atoms with E-state index in [1.54, 1.807) is 23.1 Å². The second-order valence-corrected chi connectivity index (χ2v) is 7.12. The highest BCUT2D eigenvalue weighted by molar-refractivity contribution is 8.14. The van der Waals surface area contributed by atoms with E-state index in [1.807, 2.05) is 0 Å². The van der Waals surface area contributed by atoms with Crippen LogP contribution in [-0.4, -0.2) is 23.4 Å². The molecule has 0 saturated heterocycles. The van der Waals surface area contributed by atoms with Crippen LogP contribution in [-0.2, 0) is 12.8 Å². The van der Waals surface area contributed by atoms with Crippen molar-refractivity contribution in [1.29, 1.82) is 0 Å². The molecule has 1 aromatic heterocycles. The number of carbonyl (C=O) groups excluding carboxylic acids is 1. The van der Waals surface area contributed by atoms with Crippen molar-refractivity contribution in [2.45, 2.75) is 26.2 Å². The molecule has 1 aliphatic heterocycles. The molecule has 1 atom stereocenters. The van der Waals surface area contributed by atoms with Crippen LogP contribution in [0.3, 0.4) is 0 Å². The number of aliphatic imine (C=N–C) groups is 1. The second kappa shape index (κ2) is 5.05. The number of hydrogen-bond donors (Lipinski definition) is 1. The minimum atomic E-state index is 0.00945. The second-order valence-electron chi connectivity index (χ2n) is 4.90. The van der Waals surface area contributed by atoms with Crippen molar-refractivity contribution in [1.82, 2.24) is 5.32 Å². The molecule has 1 amide bonds. The van der Waals surface area contributed by atoms with Gasteiger partial charge in [0.2, 0.25) is 0 Å². The van der Waals surface area contributed by atoms with E-state index in [-0.39, 0.29) is 5.91 Å². The number of fused-ring (bicyclic) bond motifs is 1. The van der Waals surface area contributed by atoms with Crippen molar-refractivity contribution < 1.29 is 4.79 Å². The number of thioether (sulfide) groups is 1. The molecule has 0 spiro atoms. The Balaban J connectivity index is 1.74. The lowest BCUT2D eigenvalue weighted by Crippen LogP contribution is -2.26. The zero-order valence-corrected chi connectivity index (χ0v) is 12.0. The standard InChI is InChI=1S/C13H16N2OS2/c1-8-2-3-10-9(6-8)7-11(18-10)12(16)15-13-14-4-5-17-13/h7-8H,2-6H2,1H3,(H,14,15,16)/t8-/m1/s1. The molecule has 2 heterocycles. The van der Waals surface area contributed by atoms with Crippen LogP contribution in [0.4, 0.5) is 0 Å². The summed E-state index contributed by atoms with van der Waals surface area (Å²) in [7, 11) is 0. The Morgan fingerprint density at radius 3 is 3.22 bits per heavy atom. The Morgan fingerprint density at radius 2 is 2.44 bits per heavy atom. The number of thiophene rings is 1. The maximum Gasteiger partial charge on any atom is 0.267 e. The van der Waals surface area contributed by atoms with E-state index in [1.165, 1.54) is 16.9 Å². The molecule has 0 saturated carbocycles. The van der Waals surface area contributed by atoms with Crippen molar-refractivity contribution in [2.75, 3.05) is 12.3 Å². The molecule has 96 valence electrons. The summed E-state index contributed by atoms with van der Waals surface area (Å²) in [5.74, 6) is 1.74. The molecule has 0 radical (unpaired) electrons. The normalized spacial score (nSPS) is 22.5. The van der Waals surface area contributed by atoms with Crippen LogP contribution in [0.2, 0.25) is 0 Å². The van der Waals surface area contributed by atoms with Gasteiger partial charge >= 0.3 is 0 Å². The van der Waals surface area contributed by atoms with E-state index in [2.05, 4.69) is 23.3 Å². The first-order valence-corrected chi connectivity index (χ1v) is 8.13. The fraction of sp³-hybridized carbons (Fsp3) is 0.538. The van der Waals surface area contributed by atoms with Gasteiger partial charge in [-0.15, -0.1) is 11.3 Å². The molecular weight excluding hydrogens is 264 g/mol. The molecule has 18 heavy (non-hydrogen) atoms. The van der Waals surface area contributed by atoms with Crippen LogP contribution in [0, 0.1) is 5.92 Å². The lowest BCUT2D eigenvalue weighted by molar-refractivity contribution is 0.0982. The zero-order valence-electron chi connectivity index (χ0n) is 10.4. The molecule has 5 heteroatoms. The largest absolute Gasteiger partial charge is 0.301 e. The van der Waals surface area contributed by atoms with Crippen molar-refractivity contribution in [2.24, 2.45) is 10.9 Å². The number of amides is 1. The summed E-state index contributed by atoms with van der Waals surface area (Å²) in [6.07, 6.45) is 3.50. The molecule has 1 aliphatic carbocycles. The van der Waals surface area contributed by atoms with E-state index in [0.717, 1.165) is 41.1 Å². The number of hydrogen-bond acceptors (Lipinski definition) is 4. The van der Waals surface area contributed by atoms with Crippen LogP contribution in [0.1, 0.15) is 33.5 Å². The van der Waals surface area contributed by atoms with Gasteiger partial charge in [-0.1, -0.05) is 18.7 Å². The van der Waals surface area contributed by atoms with Crippen LogP contribution in [0.5, 0.6) is 0 Å². The first-order chi connectivity index (χ1) is 8.72. The highest BCUT2D eigenvalue weighted by atomic mass is 32.2. The van der Waals surface area contributed by atoms with Gasteiger partial charge in [0, 0.05) is 10.6 Å². The van der Waals surface area contributed by atoms with E-state index in [9.17, 15) is 4.79 Å². The van der Waals surface area contributed by atoms with Crippen molar-refractivity contribution >= 4 is 34.2 Å². The van der Waals surface area contributed by atoms with Crippen molar-refractivity contribution in [3.05, 3.63) is 21.4 Å². The smallest absolute Gasteiger partial charge is 0.267 e. The SMILES string of the molecule is C[C@@H]1CCc2sc(C(=O)NC3=NCCS3)cc2C1. The first-order valence-electron chi connectivity index (χ1n) is 6.32. The Labute approximate surface area is 115 Å². The van der Waals surface area contributed by atoms with Gasteiger partial charge in [-0.2, -0.15) is 0 Å². The summed E-state index contributed by atoms with van der Waals surface area (Å²) in [5.41, 5.74) is 1.38. The summed E-state index contributed by atoms with van der Waals surface area (Å²) in [6, 6.07) is 2.07. The van der Waals surface area contributed by atoms with Crippen molar-refractivity contribution in [3.63, 3.8) is 0 Å². The van der Waals surface area contributed by atoms with Gasteiger partial charge in [0.1, 0.15) is 0 Å². The third-order valence-corrected chi connectivity index (χ3v) is 5.49. The number of nitrogens with one attached hydrogen (secondary N) is 1. The van der Waals surface area contributed by atoms with Gasteiger partial charge < -0.3 is 5.32 Å². The average Bonchev–Trinajstić information content (AvgIpc) is 2.96. The third kappa shape index (κ3) is 2.47. The summed E-state index contributed by atoms with van der Waals surface area (Å²) >= 11 is 3.28. The lowest BCUT2D eigenvalue weighted by atomic mass is 9.90. The van der Waals surface area contributed by atoms with Gasteiger partial charge in [-0.3, -0.25) is 9.79 Å². The van der Waals surface area contributed by atoms with Gasteiger partial charge in [0.25, 0.3) is 5.91 Å². The van der Waals surface area contributed by atoms with Crippen LogP contribution >= 0.6 is 23.1 Å². The fourth-order valence-electron chi connectivity index (χ4n) is 2.39. The minimum Gasteiger partial charge on any atom is -0.301 e. The molecular formula is C13H16N2OS2. The Hall–Kier alpha value is -0.810. The minimum absolute atomic E-state index is 0.00945. The Morgan fingerprint density at radius 1 is 1.56 bits per heavy atom. The Kier molecular flexibility index (Phi) is 3.43. The monoisotopic (exact) mass is 280 g/mol. The number of aryl methyl sites for hydroxylation is 1. The van der Waals surface area contributed by atoms with Crippen LogP contribution < -0.4 is 5.32 Å². The maximum atomic E-state index is 12.1. The number of nitrogens with zero attached hydrogens (tertiary/aromatic N) is 1. The van der Waals surface area contributed by atoms with Gasteiger partial charge in [0.15, 0.2) is 5.17 Å². The molecule has 0 aromatic carbocycles. The summed E-state index contributed by atoms with van der Waals surface area (Å²) < 4.78 is 0. The van der Waals surface area contributed by atoms with Gasteiger partial charge in [0.05, 0.1) is 11.4 Å². The molecule has 1 N–H and O–H groups in total. The third-order valence-electron chi connectivity index (χ3n) is 3.36. The topological polar surface area (TPSA) is 41.5 Å². The fourth-order valence-corrected chi connectivity index (χ4v) is 4.21. The van der Waals surface area contributed by atoms with E-state index in [0.29, 0.717) is 0 Å². The summed E-state index contributed by atoms with van der Waals surface area (Å²) in [4.78, 5) is 18.6. The van der Waals surface area contributed by atoms with Crippen LogP contribution in [0.15, 0.2) is 11.1 Å². The van der Waals surface area contributed by atoms with E-state index < -0.39 is 0 Å². The maximum absolute atomic E-state index is 12.1. The quantitative estimate of drug-likeness (QED) is 0.859. The number of rotatable bonds is 1. The average molecular weight is 280 g/mol. The molecule has 0 unspecified atom stereocenters. The number of carbonyl (C=O) groups is 1. The first kappa shape index (κ1) is 12.2. The molecule has 3 rings (SSSR count). The molecule has 3 nitrogen and oxygen atoms in total. The molecule has 0 fully saturated rings. The summed E-state index contributed by atoms with van der Waals surface area (Å²) in [5, 5.41) is 3.68. The predicted octanol–water partition coefficient (Wildman–Crippen LogP) is 2.71. The van der Waals surface area contributed by atoms with Crippen molar-refractivity contribution in [3.8, 4) is 0 Å². The molecule has 1 aromatic rings. The predicted molar refractivity (Wildman–Crippen MR) is 77.7 cm³/mol. The Bertz CT molecular complexity index is 507. The van der Waals surface area contributed by atoms with Gasteiger partial charge in [-0.05, 0) is 36.8 Å². The zero-order chi connectivity index (χ0) is 12.5. The molecule has 2 aliphatic rings.